The van der Waals surface area contributed by atoms with Crippen molar-refractivity contribution in [2.24, 2.45) is 0 Å². The van der Waals surface area contributed by atoms with Crippen molar-refractivity contribution in [1.82, 2.24) is 4.90 Å². The minimum Gasteiger partial charge on any atom is -0.465 e. The summed E-state index contributed by atoms with van der Waals surface area (Å²) in [6, 6.07) is -0.679. The molecule has 1 aliphatic rings. The molecule has 0 aromatic carbocycles. The Kier molecular flexibility index (Phi) is 5.41. The second-order valence-electron chi connectivity index (χ2n) is 4.08. The summed E-state index contributed by atoms with van der Waals surface area (Å²) >= 11 is 0. The van der Waals surface area contributed by atoms with Gasteiger partial charge in [0.2, 0.25) is 0 Å². The maximum absolute atomic E-state index is 11.7. The largest absolute Gasteiger partial charge is 0.465 e. The lowest BCUT2D eigenvalue weighted by atomic mass is 10.2. The van der Waals surface area contributed by atoms with Crippen molar-refractivity contribution in [2.75, 3.05) is 19.8 Å². The maximum atomic E-state index is 11.7. The first-order chi connectivity index (χ1) is 8.11. The number of carbonyl (C=O) groups is 2. The zero-order valence-electron chi connectivity index (χ0n) is 10.8. The highest BCUT2D eigenvalue weighted by atomic mass is 16.5. The van der Waals surface area contributed by atoms with E-state index in [1.165, 1.54) is 0 Å². The minimum absolute atomic E-state index is 0.235. The normalized spacial score (nSPS) is 22.2. The predicted molar refractivity (Wildman–Crippen MR) is 62.5 cm³/mol. The molecule has 1 heterocycles. The third kappa shape index (κ3) is 3.43. The van der Waals surface area contributed by atoms with Gasteiger partial charge in [0.15, 0.2) is 0 Å². The zero-order chi connectivity index (χ0) is 12.8. The summed E-state index contributed by atoms with van der Waals surface area (Å²) in [5.74, 6) is -0.509. The van der Waals surface area contributed by atoms with E-state index in [2.05, 4.69) is 0 Å². The Balaban J connectivity index is 2.62. The van der Waals surface area contributed by atoms with Gasteiger partial charge in [-0.3, -0.25) is 14.5 Å². The average molecular weight is 243 g/mol. The second kappa shape index (κ2) is 6.59. The molecule has 0 radical (unpaired) electrons. The molecule has 1 saturated heterocycles. The number of nitrogens with zero attached hydrogens (tertiary/aromatic N) is 1. The molecule has 2 atom stereocenters. The average Bonchev–Trinajstić information content (AvgIpc) is 2.77. The van der Waals surface area contributed by atoms with Crippen LogP contribution in [-0.4, -0.2) is 48.7 Å². The summed E-state index contributed by atoms with van der Waals surface area (Å²) < 4.78 is 9.98. The first-order valence-electron chi connectivity index (χ1n) is 6.20. The Morgan fingerprint density at radius 3 is 2.53 bits per heavy atom. The van der Waals surface area contributed by atoms with E-state index in [1.54, 1.807) is 20.8 Å². The first-order valence-corrected chi connectivity index (χ1v) is 6.20. The fourth-order valence-electron chi connectivity index (χ4n) is 2.14. The summed E-state index contributed by atoms with van der Waals surface area (Å²) in [4.78, 5) is 25.2. The highest BCUT2D eigenvalue weighted by molar-refractivity contribution is 5.79. The number of hydrogen-bond donors (Lipinski definition) is 0. The van der Waals surface area contributed by atoms with Crippen LogP contribution in [0.15, 0.2) is 0 Å². The summed E-state index contributed by atoms with van der Waals surface area (Å²) in [6.07, 6.45) is 1.66. The van der Waals surface area contributed by atoms with Crippen molar-refractivity contribution >= 4 is 11.9 Å². The van der Waals surface area contributed by atoms with E-state index in [-0.39, 0.29) is 24.0 Å². The third-order valence-electron chi connectivity index (χ3n) is 2.98. The lowest BCUT2D eigenvalue weighted by Crippen LogP contribution is -2.46. The summed E-state index contributed by atoms with van der Waals surface area (Å²) in [5, 5.41) is 0. The van der Waals surface area contributed by atoms with E-state index in [9.17, 15) is 9.59 Å². The molecule has 1 aliphatic heterocycles. The van der Waals surface area contributed by atoms with Gasteiger partial charge in [0.05, 0.1) is 13.2 Å². The molecule has 0 bridgehead atoms. The number of likely N-dealkylation sites (tertiary alicyclic amines) is 1. The van der Waals surface area contributed by atoms with Crippen molar-refractivity contribution in [1.29, 1.82) is 0 Å². The van der Waals surface area contributed by atoms with E-state index in [1.807, 2.05) is 4.90 Å². The maximum Gasteiger partial charge on any atom is 0.323 e. The molecule has 1 fully saturated rings. The van der Waals surface area contributed by atoms with Gasteiger partial charge in [0.1, 0.15) is 12.1 Å². The summed E-state index contributed by atoms with van der Waals surface area (Å²) in [5.41, 5.74) is 0. The molecule has 0 aromatic heterocycles. The van der Waals surface area contributed by atoms with Gasteiger partial charge in [-0.25, -0.2) is 0 Å². The number of hydrogen-bond acceptors (Lipinski definition) is 5. The standard InChI is InChI=1S/C12H21NO4/c1-4-16-11(14)9(3)13-8-6-7-10(13)12(15)17-5-2/h9-10H,4-8H2,1-3H3. The van der Waals surface area contributed by atoms with E-state index in [0.29, 0.717) is 13.2 Å². The summed E-state index contributed by atoms with van der Waals surface area (Å²) in [7, 11) is 0. The van der Waals surface area contributed by atoms with Gasteiger partial charge in [-0.05, 0) is 40.2 Å². The number of ether oxygens (including phenoxy) is 2. The first kappa shape index (κ1) is 14.0. The van der Waals surface area contributed by atoms with Crippen molar-refractivity contribution in [3.63, 3.8) is 0 Å². The van der Waals surface area contributed by atoms with Gasteiger partial charge in [-0.2, -0.15) is 0 Å². The second-order valence-corrected chi connectivity index (χ2v) is 4.08. The monoisotopic (exact) mass is 243 g/mol. The van der Waals surface area contributed by atoms with Crippen molar-refractivity contribution in [2.45, 2.75) is 45.7 Å². The Hall–Kier alpha value is -1.10. The smallest absolute Gasteiger partial charge is 0.323 e. The quantitative estimate of drug-likeness (QED) is 0.673. The fourth-order valence-corrected chi connectivity index (χ4v) is 2.14. The molecule has 17 heavy (non-hydrogen) atoms. The molecule has 5 heteroatoms. The van der Waals surface area contributed by atoms with Crippen LogP contribution in [0.2, 0.25) is 0 Å². The van der Waals surface area contributed by atoms with Crippen LogP contribution in [0.1, 0.15) is 33.6 Å². The van der Waals surface area contributed by atoms with Crippen LogP contribution in [0.4, 0.5) is 0 Å². The molecule has 2 unspecified atom stereocenters. The van der Waals surface area contributed by atoms with E-state index < -0.39 is 0 Å². The van der Waals surface area contributed by atoms with Gasteiger partial charge in [0, 0.05) is 0 Å². The van der Waals surface area contributed by atoms with E-state index >= 15 is 0 Å². The molecular weight excluding hydrogens is 222 g/mol. The van der Waals surface area contributed by atoms with Gasteiger partial charge in [-0.15, -0.1) is 0 Å². The molecule has 0 aromatic rings. The van der Waals surface area contributed by atoms with Gasteiger partial charge in [0.25, 0.3) is 0 Å². The van der Waals surface area contributed by atoms with Crippen molar-refractivity contribution in [3.05, 3.63) is 0 Å². The van der Waals surface area contributed by atoms with Crippen LogP contribution in [0.3, 0.4) is 0 Å². The van der Waals surface area contributed by atoms with Gasteiger partial charge >= 0.3 is 11.9 Å². The van der Waals surface area contributed by atoms with Crippen molar-refractivity contribution in [3.8, 4) is 0 Å². The lowest BCUT2D eigenvalue weighted by molar-refractivity contribution is -0.154. The highest BCUT2D eigenvalue weighted by Crippen LogP contribution is 2.21. The molecule has 0 saturated carbocycles. The van der Waals surface area contributed by atoms with Crippen LogP contribution < -0.4 is 0 Å². The van der Waals surface area contributed by atoms with Crippen molar-refractivity contribution < 1.29 is 19.1 Å². The van der Waals surface area contributed by atoms with Crippen LogP contribution in [0.25, 0.3) is 0 Å². The van der Waals surface area contributed by atoms with Gasteiger partial charge in [-0.1, -0.05) is 0 Å². The lowest BCUT2D eigenvalue weighted by Gasteiger charge is -2.27. The molecule has 0 N–H and O–H groups in total. The molecular formula is C12H21NO4. The number of rotatable bonds is 5. The van der Waals surface area contributed by atoms with Crippen LogP contribution in [-0.2, 0) is 19.1 Å². The molecule has 5 nitrogen and oxygen atoms in total. The topological polar surface area (TPSA) is 55.8 Å². The van der Waals surface area contributed by atoms with Crippen LogP contribution in [0.5, 0.6) is 0 Å². The van der Waals surface area contributed by atoms with Gasteiger partial charge < -0.3 is 9.47 Å². The van der Waals surface area contributed by atoms with E-state index in [4.69, 9.17) is 9.47 Å². The Bertz CT molecular complexity index is 280. The van der Waals surface area contributed by atoms with E-state index in [0.717, 1.165) is 19.4 Å². The molecule has 0 amide bonds. The minimum atomic E-state index is -0.383. The molecule has 1 rings (SSSR count). The Morgan fingerprint density at radius 1 is 1.29 bits per heavy atom. The fraction of sp³-hybridized carbons (Fsp3) is 0.833. The number of esters is 2. The number of carbonyl (C=O) groups excluding carboxylic acids is 2. The SMILES string of the molecule is CCOC(=O)C(C)N1CCCC1C(=O)OCC. The zero-order valence-corrected chi connectivity index (χ0v) is 10.8. The summed E-state index contributed by atoms with van der Waals surface area (Å²) in [6.45, 7) is 6.81. The predicted octanol–water partition coefficient (Wildman–Crippen LogP) is 0.965. The molecule has 0 aliphatic carbocycles. The van der Waals surface area contributed by atoms with Crippen LogP contribution >= 0.6 is 0 Å². The van der Waals surface area contributed by atoms with Crippen LogP contribution in [0, 0.1) is 0 Å². The molecule has 0 spiro atoms. The third-order valence-corrected chi connectivity index (χ3v) is 2.98. The molecule has 98 valence electrons. The Morgan fingerprint density at radius 2 is 1.94 bits per heavy atom. The highest BCUT2D eigenvalue weighted by Gasteiger charge is 2.37. The Labute approximate surface area is 102 Å².